The Labute approximate surface area is 80.9 Å². The van der Waals surface area contributed by atoms with Crippen molar-refractivity contribution in [3.63, 3.8) is 0 Å². The second kappa shape index (κ2) is 4.81. The molecule has 0 aromatic heterocycles. The molecule has 0 saturated carbocycles. The molecule has 0 radical (unpaired) electrons. The van der Waals surface area contributed by atoms with Crippen molar-refractivity contribution in [3.05, 3.63) is 35.4 Å². The van der Waals surface area contributed by atoms with Gasteiger partial charge < -0.3 is 5.32 Å². The van der Waals surface area contributed by atoms with Gasteiger partial charge >= 0.3 is 0 Å². The number of nitrogens with one attached hydrogen (secondary N) is 1. The Balaban J connectivity index is 2.84. The minimum atomic E-state index is -1.06. The zero-order valence-corrected chi connectivity index (χ0v) is 7.81. The van der Waals surface area contributed by atoms with Crippen molar-refractivity contribution in [2.75, 3.05) is 13.6 Å². The van der Waals surface area contributed by atoms with Crippen LogP contribution >= 0.6 is 0 Å². The van der Waals surface area contributed by atoms with Gasteiger partial charge in [-0.25, -0.2) is 8.78 Å². The first kappa shape index (κ1) is 10.8. The third-order valence-corrected chi connectivity index (χ3v) is 1.85. The first-order chi connectivity index (χ1) is 6.66. The highest BCUT2D eigenvalue weighted by Crippen LogP contribution is 2.12. The Hall–Kier alpha value is -1.29. The molecule has 2 nitrogen and oxygen atoms in total. The minimum absolute atomic E-state index is 0.164. The molecule has 0 aliphatic heterocycles. The van der Waals surface area contributed by atoms with Crippen LogP contribution in [0.15, 0.2) is 18.2 Å². The number of halogens is 2. The quantitative estimate of drug-likeness (QED) is 0.748. The summed E-state index contributed by atoms with van der Waals surface area (Å²) < 4.78 is 25.8. The number of carbonyl (C=O) groups excluding carboxylic acids is 1. The lowest BCUT2D eigenvalue weighted by atomic mass is 10.1. The van der Waals surface area contributed by atoms with E-state index in [1.165, 1.54) is 12.1 Å². The molecule has 0 saturated heterocycles. The van der Waals surface area contributed by atoms with E-state index in [0.717, 1.165) is 6.07 Å². The molecular formula is C10H11F2NO. The van der Waals surface area contributed by atoms with Crippen LogP contribution in [0.2, 0.25) is 0 Å². The van der Waals surface area contributed by atoms with Gasteiger partial charge in [-0.05, 0) is 19.2 Å². The zero-order chi connectivity index (χ0) is 10.6. The van der Waals surface area contributed by atoms with Crippen LogP contribution < -0.4 is 5.32 Å². The van der Waals surface area contributed by atoms with Gasteiger partial charge in [-0.1, -0.05) is 6.07 Å². The van der Waals surface area contributed by atoms with Crippen molar-refractivity contribution >= 4 is 5.78 Å². The highest BCUT2D eigenvalue weighted by atomic mass is 19.2. The lowest BCUT2D eigenvalue weighted by Crippen LogP contribution is -2.14. The number of Topliss-reactive ketones (excluding diaryl/α,β-unsaturated/α-hetero) is 1. The highest BCUT2D eigenvalue weighted by molar-refractivity contribution is 5.96. The van der Waals surface area contributed by atoms with Gasteiger partial charge in [-0.2, -0.15) is 0 Å². The predicted molar refractivity (Wildman–Crippen MR) is 49.2 cm³/mol. The van der Waals surface area contributed by atoms with Crippen LogP contribution in [0, 0.1) is 11.6 Å². The average molecular weight is 199 g/mol. The molecule has 0 spiro atoms. The van der Waals surface area contributed by atoms with Crippen LogP contribution in [0.3, 0.4) is 0 Å². The first-order valence-electron chi connectivity index (χ1n) is 4.28. The van der Waals surface area contributed by atoms with Crippen LogP contribution in [0.1, 0.15) is 16.8 Å². The maximum atomic E-state index is 13.1. The molecule has 0 atom stereocenters. The van der Waals surface area contributed by atoms with Crippen LogP contribution in [0.25, 0.3) is 0 Å². The molecule has 1 rings (SSSR count). The van der Waals surface area contributed by atoms with Crippen molar-refractivity contribution in [1.29, 1.82) is 0 Å². The smallest absolute Gasteiger partial charge is 0.169 e. The maximum absolute atomic E-state index is 13.1. The minimum Gasteiger partial charge on any atom is -0.319 e. The van der Waals surface area contributed by atoms with Crippen LogP contribution in [-0.2, 0) is 0 Å². The molecular weight excluding hydrogens is 188 g/mol. The van der Waals surface area contributed by atoms with E-state index >= 15 is 0 Å². The summed E-state index contributed by atoms with van der Waals surface area (Å²) in [5, 5.41) is 2.77. The van der Waals surface area contributed by atoms with Crippen molar-refractivity contribution in [2.45, 2.75) is 6.42 Å². The van der Waals surface area contributed by atoms with E-state index in [9.17, 15) is 13.6 Å². The summed E-state index contributed by atoms with van der Waals surface area (Å²) in [6, 6.07) is 3.60. The van der Waals surface area contributed by atoms with Gasteiger partial charge in [-0.15, -0.1) is 0 Å². The largest absolute Gasteiger partial charge is 0.319 e. The van der Waals surface area contributed by atoms with E-state index in [1.807, 2.05) is 0 Å². The van der Waals surface area contributed by atoms with Crippen LogP contribution in [0.5, 0.6) is 0 Å². The SMILES string of the molecule is CNCCC(=O)c1cccc(F)c1F. The molecule has 0 aliphatic rings. The fourth-order valence-electron chi connectivity index (χ4n) is 1.09. The van der Waals surface area contributed by atoms with Crippen LogP contribution in [0.4, 0.5) is 8.78 Å². The molecule has 1 N–H and O–H groups in total. The second-order valence-corrected chi connectivity index (χ2v) is 2.88. The number of hydrogen-bond acceptors (Lipinski definition) is 2. The molecule has 0 aliphatic carbocycles. The fraction of sp³-hybridized carbons (Fsp3) is 0.300. The third-order valence-electron chi connectivity index (χ3n) is 1.85. The maximum Gasteiger partial charge on any atom is 0.169 e. The second-order valence-electron chi connectivity index (χ2n) is 2.88. The van der Waals surface area contributed by atoms with E-state index in [1.54, 1.807) is 7.05 Å². The predicted octanol–water partition coefficient (Wildman–Crippen LogP) is 1.76. The number of rotatable bonds is 4. The highest BCUT2D eigenvalue weighted by Gasteiger charge is 2.13. The van der Waals surface area contributed by atoms with Gasteiger partial charge in [0.1, 0.15) is 0 Å². The summed E-state index contributed by atoms with van der Waals surface area (Å²) in [5.74, 6) is -2.44. The Morgan fingerprint density at radius 3 is 2.79 bits per heavy atom. The summed E-state index contributed by atoms with van der Waals surface area (Å²) in [5.41, 5.74) is -0.180. The number of hydrogen-bond donors (Lipinski definition) is 1. The molecule has 0 amide bonds. The fourth-order valence-corrected chi connectivity index (χ4v) is 1.09. The molecule has 0 unspecified atom stereocenters. The lowest BCUT2D eigenvalue weighted by Gasteiger charge is -2.02. The van der Waals surface area contributed by atoms with Crippen LogP contribution in [-0.4, -0.2) is 19.4 Å². The Bertz CT molecular complexity index is 339. The first-order valence-corrected chi connectivity index (χ1v) is 4.28. The van der Waals surface area contributed by atoms with E-state index < -0.39 is 17.4 Å². The Morgan fingerprint density at radius 2 is 2.14 bits per heavy atom. The van der Waals surface area contributed by atoms with E-state index in [0.29, 0.717) is 6.54 Å². The van der Waals surface area contributed by atoms with Gasteiger partial charge in [0.15, 0.2) is 17.4 Å². The van der Waals surface area contributed by atoms with Gasteiger partial charge in [-0.3, -0.25) is 4.79 Å². The lowest BCUT2D eigenvalue weighted by molar-refractivity contribution is 0.0978. The zero-order valence-electron chi connectivity index (χ0n) is 7.81. The van der Waals surface area contributed by atoms with Gasteiger partial charge in [0.05, 0.1) is 5.56 Å². The van der Waals surface area contributed by atoms with E-state index in [4.69, 9.17) is 0 Å². The summed E-state index contributed by atoms with van der Waals surface area (Å²) in [6.07, 6.45) is 0.164. The molecule has 0 bridgehead atoms. The molecule has 1 aromatic rings. The van der Waals surface area contributed by atoms with Crippen molar-refractivity contribution in [3.8, 4) is 0 Å². The van der Waals surface area contributed by atoms with Crippen molar-refractivity contribution in [2.24, 2.45) is 0 Å². The molecule has 0 heterocycles. The molecule has 4 heteroatoms. The van der Waals surface area contributed by atoms with E-state index in [-0.39, 0.29) is 12.0 Å². The Morgan fingerprint density at radius 1 is 1.43 bits per heavy atom. The number of benzene rings is 1. The topological polar surface area (TPSA) is 29.1 Å². The van der Waals surface area contributed by atoms with Gasteiger partial charge in [0.25, 0.3) is 0 Å². The summed E-state index contributed by atoms with van der Waals surface area (Å²) in [7, 11) is 1.69. The third kappa shape index (κ3) is 2.35. The molecule has 14 heavy (non-hydrogen) atoms. The van der Waals surface area contributed by atoms with Crippen molar-refractivity contribution < 1.29 is 13.6 Å². The molecule has 0 fully saturated rings. The summed E-state index contributed by atoms with van der Waals surface area (Å²) in [4.78, 5) is 11.3. The standard InChI is InChI=1S/C10H11F2NO/c1-13-6-5-9(14)7-3-2-4-8(11)10(7)12/h2-4,13H,5-6H2,1H3. The summed E-state index contributed by atoms with van der Waals surface area (Å²) in [6.45, 7) is 0.453. The Kier molecular flexibility index (Phi) is 3.71. The van der Waals surface area contributed by atoms with Gasteiger partial charge in [0, 0.05) is 13.0 Å². The van der Waals surface area contributed by atoms with Gasteiger partial charge in [0.2, 0.25) is 0 Å². The average Bonchev–Trinajstić information content (AvgIpc) is 2.18. The normalized spacial score (nSPS) is 10.2. The van der Waals surface area contributed by atoms with Crippen molar-refractivity contribution in [1.82, 2.24) is 5.32 Å². The molecule has 76 valence electrons. The van der Waals surface area contributed by atoms with E-state index in [2.05, 4.69) is 5.32 Å². The summed E-state index contributed by atoms with van der Waals surface area (Å²) >= 11 is 0. The monoisotopic (exact) mass is 199 g/mol. The number of ketones is 1. The molecule has 1 aromatic carbocycles. The number of carbonyl (C=O) groups is 1.